The molecule has 8 aliphatic rings. The molecule has 0 bridgehead atoms. The van der Waals surface area contributed by atoms with Gasteiger partial charge < -0.3 is 5.32 Å². The van der Waals surface area contributed by atoms with E-state index in [1.165, 1.54) is 88.4 Å². The third-order valence-corrected chi connectivity index (χ3v) is 11.8. The number of allylic oxidation sites excluding steroid dienone is 17. The molecule has 0 heterocycles. The Balaban J connectivity index is 1.15. The lowest BCUT2D eigenvalue weighted by atomic mass is 9.57. The molecular formula is C38H45N. The van der Waals surface area contributed by atoms with Crippen LogP contribution in [-0.4, -0.2) is 0 Å². The van der Waals surface area contributed by atoms with Gasteiger partial charge in [-0.15, -0.1) is 0 Å². The predicted octanol–water partition coefficient (Wildman–Crippen LogP) is 9.73. The first-order chi connectivity index (χ1) is 19.2. The summed E-state index contributed by atoms with van der Waals surface area (Å²) in [4.78, 5) is 0. The van der Waals surface area contributed by atoms with E-state index >= 15 is 0 Å². The van der Waals surface area contributed by atoms with Gasteiger partial charge in [0.15, 0.2) is 0 Å². The molecular weight excluding hydrogens is 470 g/mol. The molecule has 0 aromatic rings. The molecule has 8 rings (SSSR count). The van der Waals surface area contributed by atoms with Crippen LogP contribution in [0, 0.1) is 35.0 Å². The molecule has 1 fully saturated rings. The zero-order valence-electron chi connectivity index (χ0n) is 23.9. The van der Waals surface area contributed by atoms with E-state index in [4.69, 9.17) is 0 Å². The highest BCUT2D eigenvalue weighted by Gasteiger charge is 2.63. The highest BCUT2D eigenvalue weighted by atomic mass is 14.9. The summed E-state index contributed by atoms with van der Waals surface area (Å²) < 4.78 is 0. The van der Waals surface area contributed by atoms with Crippen molar-refractivity contribution in [2.45, 2.75) is 90.4 Å². The summed E-state index contributed by atoms with van der Waals surface area (Å²) in [6.07, 6.45) is 42.1. The molecule has 0 aromatic heterocycles. The largest absolute Gasteiger partial charge is 0.359 e. The van der Waals surface area contributed by atoms with Crippen LogP contribution < -0.4 is 5.32 Å². The minimum absolute atomic E-state index is 0.234. The van der Waals surface area contributed by atoms with E-state index in [-0.39, 0.29) is 5.41 Å². The zero-order chi connectivity index (χ0) is 26.0. The summed E-state index contributed by atoms with van der Waals surface area (Å²) in [5.74, 6) is 3.46. The topological polar surface area (TPSA) is 12.0 Å². The molecule has 0 amide bonds. The van der Waals surface area contributed by atoms with Crippen molar-refractivity contribution in [2.24, 2.45) is 35.0 Å². The molecule has 8 aliphatic carbocycles. The maximum absolute atomic E-state index is 3.94. The number of fused-ring (bicyclic) bond motifs is 8. The van der Waals surface area contributed by atoms with E-state index in [1.807, 2.05) is 5.57 Å². The fraction of sp³-hybridized carbons (Fsp3) is 0.526. The Morgan fingerprint density at radius 1 is 0.846 bits per heavy atom. The van der Waals surface area contributed by atoms with Gasteiger partial charge in [-0.1, -0.05) is 79.5 Å². The van der Waals surface area contributed by atoms with Crippen LogP contribution in [0.2, 0.25) is 0 Å². The second-order valence-corrected chi connectivity index (χ2v) is 13.7. The lowest BCUT2D eigenvalue weighted by Crippen LogP contribution is -2.40. The van der Waals surface area contributed by atoms with Crippen molar-refractivity contribution < 1.29 is 0 Å². The molecule has 1 saturated carbocycles. The Hall–Kier alpha value is -2.54. The molecule has 0 aliphatic heterocycles. The second-order valence-electron chi connectivity index (χ2n) is 13.7. The monoisotopic (exact) mass is 515 g/mol. The third kappa shape index (κ3) is 3.64. The Bertz CT molecular complexity index is 1350. The highest BCUT2D eigenvalue weighted by molar-refractivity contribution is 5.60. The SMILES string of the molecule is CC1CCCC=C1C1=CC=C(NC2=CC3C(C=C2)C2=C(C=CCC2)[C@]32C3=C(C=CCC3)C3CCCCC32)CC1. The van der Waals surface area contributed by atoms with Gasteiger partial charge in [0.05, 0.1) is 0 Å². The zero-order valence-corrected chi connectivity index (χ0v) is 23.9. The third-order valence-electron chi connectivity index (χ3n) is 11.8. The van der Waals surface area contributed by atoms with Crippen molar-refractivity contribution >= 4 is 0 Å². The summed E-state index contributed by atoms with van der Waals surface area (Å²) >= 11 is 0. The lowest BCUT2D eigenvalue weighted by Gasteiger charge is -2.46. The van der Waals surface area contributed by atoms with Crippen molar-refractivity contribution in [3.05, 3.63) is 106 Å². The van der Waals surface area contributed by atoms with Gasteiger partial charge >= 0.3 is 0 Å². The number of hydrogen-bond acceptors (Lipinski definition) is 1. The van der Waals surface area contributed by atoms with Crippen LogP contribution in [0.1, 0.15) is 90.4 Å². The normalized spacial score (nSPS) is 38.5. The van der Waals surface area contributed by atoms with E-state index in [0.29, 0.717) is 11.8 Å². The van der Waals surface area contributed by atoms with Crippen molar-refractivity contribution in [2.75, 3.05) is 0 Å². The Labute approximate surface area is 236 Å². The van der Waals surface area contributed by atoms with Crippen molar-refractivity contribution in [3.8, 4) is 0 Å². The molecule has 1 spiro atoms. The Morgan fingerprint density at radius 3 is 2.64 bits per heavy atom. The van der Waals surface area contributed by atoms with Gasteiger partial charge in [-0.25, -0.2) is 0 Å². The van der Waals surface area contributed by atoms with Crippen LogP contribution in [0.25, 0.3) is 0 Å². The standard InChI is InChI=1S/C38H45N/c1-25-10-2-3-11-29(25)26-18-20-27(21-19-26)39-28-22-23-33-32-14-6-9-17-36(32)38(37(33)24-28)34-15-7-4-12-30(34)31-13-5-8-16-35(31)38/h4,9,11-12,17-18,20,22-25,31,33,35,37,39H,2-3,5-8,10,13-16,19,21H2,1H3/t25?,31?,33?,35?,37?,38-/m1/s1. The first-order valence-corrected chi connectivity index (χ1v) is 16.3. The van der Waals surface area contributed by atoms with Gasteiger partial charge in [0.1, 0.15) is 0 Å². The highest BCUT2D eigenvalue weighted by Crippen LogP contribution is 2.71. The maximum atomic E-state index is 3.94. The van der Waals surface area contributed by atoms with E-state index in [1.54, 1.807) is 27.9 Å². The summed E-state index contributed by atoms with van der Waals surface area (Å²) in [6.45, 7) is 2.42. The minimum atomic E-state index is 0.234. The molecule has 1 N–H and O–H groups in total. The second kappa shape index (κ2) is 9.53. The molecule has 0 radical (unpaired) electrons. The number of nitrogens with one attached hydrogen (secondary N) is 1. The van der Waals surface area contributed by atoms with Crippen molar-refractivity contribution in [1.82, 2.24) is 5.32 Å². The fourth-order valence-corrected chi connectivity index (χ4v) is 10.3. The summed E-state index contributed by atoms with van der Waals surface area (Å²) in [7, 11) is 0. The Kier molecular flexibility index (Phi) is 5.93. The van der Waals surface area contributed by atoms with E-state index in [9.17, 15) is 0 Å². The van der Waals surface area contributed by atoms with Crippen LogP contribution in [0.15, 0.2) is 106 Å². The molecule has 1 nitrogen and oxygen atoms in total. The van der Waals surface area contributed by atoms with E-state index < -0.39 is 0 Å². The van der Waals surface area contributed by atoms with Gasteiger partial charge in [-0.2, -0.15) is 0 Å². The summed E-state index contributed by atoms with van der Waals surface area (Å²) in [6, 6.07) is 0. The van der Waals surface area contributed by atoms with E-state index in [2.05, 4.69) is 73.0 Å². The molecule has 0 saturated heterocycles. The van der Waals surface area contributed by atoms with Gasteiger partial charge in [-0.05, 0) is 123 Å². The van der Waals surface area contributed by atoms with Crippen LogP contribution in [0.5, 0.6) is 0 Å². The number of hydrogen-bond donors (Lipinski definition) is 1. The van der Waals surface area contributed by atoms with Gasteiger partial charge in [0.25, 0.3) is 0 Å². The quantitative estimate of drug-likeness (QED) is 0.394. The van der Waals surface area contributed by atoms with Crippen LogP contribution in [0.4, 0.5) is 0 Å². The average Bonchev–Trinajstić information content (AvgIpc) is 3.45. The molecule has 0 aromatic carbocycles. The summed E-state index contributed by atoms with van der Waals surface area (Å²) in [5, 5.41) is 3.94. The fourth-order valence-electron chi connectivity index (χ4n) is 10.3. The van der Waals surface area contributed by atoms with Crippen molar-refractivity contribution in [3.63, 3.8) is 0 Å². The lowest BCUT2D eigenvalue weighted by molar-refractivity contribution is 0.133. The van der Waals surface area contributed by atoms with Crippen LogP contribution >= 0.6 is 0 Å². The average molecular weight is 516 g/mol. The first kappa shape index (κ1) is 24.3. The van der Waals surface area contributed by atoms with Gasteiger partial charge in [0, 0.05) is 28.6 Å². The molecule has 5 unspecified atom stereocenters. The minimum Gasteiger partial charge on any atom is -0.359 e. The first-order valence-electron chi connectivity index (χ1n) is 16.3. The maximum Gasteiger partial charge on any atom is 0.0341 e. The Morgan fingerprint density at radius 2 is 1.74 bits per heavy atom. The molecule has 39 heavy (non-hydrogen) atoms. The number of rotatable bonds is 3. The van der Waals surface area contributed by atoms with Crippen LogP contribution in [-0.2, 0) is 0 Å². The van der Waals surface area contributed by atoms with Gasteiger partial charge in [-0.3, -0.25) is 0 Å². The summed E-state index contributed by atoms with van der Waals surface area (Å²) in [5.41, 5.74) is 13.3. The smallest absolute Gasteiger partial charge is 0.0341 e. The van der Waals surface area contributed by atoms with Gasteiger partial charge in [0.2, 0.25) is 0 Å². The molecule has 6 atom stereocenters. The van der Waals surface area contributed by atoms with Crippen molar-refractivity contribution in [1.29, 1.82) is 0 Å². The molecule has 202 valence electrons. The predicted molar refractivity (Wildman–Crippen MR) is 163 cm³/mol. The van der Waals surface area contributed by atoms with E-state index in [0.717, 1.165) is 24.2 Å². The molecule has 1 heteroatoms. The van der Waals surface area contributed by atoms with Crippen LogP contribution in [0.3, 0.4) is 0 Å².